The molecule has 0 aliphatic heterocycles. The summed E-state index contributed by atoms with van der Waals surface area (Å²) in [6, 6.07) is 6.94. The van der Waals surface area contributed by atoms with Gasteiger partial charge in [0.1, 0.15) is 5.75 Å². The van der Waals surface area contributed by atoms with E-state index in [4.69, 9.17) is 8.85 Å². The lowest BCUT2D eigenvalue weighted by atomic mass is 9.68. The van der Waals surface area contributed by atoms with Crippen molar-refractivity contribution in [3.63, 3.8) is 0 Å². The van der Waals surface area contributed by atoms with Crippen molar-refractivity contribution < 1.29 is 8.85 Å². The summed E-state index contributed by atoms with van der Waals surface area (Å²) in [6.45, 7) is 25.7. The van der Waals surface area contributed by atoms with Crippen LogP contribution in [0.4, 0.5) is 0 Å². The number of fused-ring (bicyclic) bond motifs is 1. The lowest BCUT2D eigenvalue weighted by Crippen LogP contribution is -2.48. The summed E-state index contributed by atoms with van der Waals surface area (Å²) < 4.78 is 13.4. The molecule has 1 saturated carbocycles. The lowest BCUT2D eigenvalue weighted by molar-refractivity contribution is 0.0487. The van der Waals surface area contributed by atoms with Gasteiger partial charge in [-0.25, -0.2) is 0 Å². The maximum absolute atomic E-state index is 7.00. The predicted octanol–water partition coefficient (Wildman–Crippen LogP) is 8.60. The molecular formula is C28H47O2Si2. The highest BCUT2D eigenvalue weighted by atomic mass is 28.4. The molecule has 2 nitrogen and oxygen atoms in total. The first-order valence-electron chi connectivity index (χ1n) is 12.5. The monoisotopic (exact) mass is 471 g/mol. The van der Waals surface area contributed by atoms with Crippen molar-refractivity contribution in [1.82, 2.24) is 0 Å². The molecule has 2 aliphatic carbocycles. The SMILES string of the molecule is C[Si](C)Oc1cc(C(C)(C)C)ccc1C1=CC[C@@]2(C)[C@@H](CC[C@@H]2O[Si](C)(C)C(C)(C)C)C1. The van der Waals surface area contributed by atoms with E-state index in [1.165, 1.54) is 29.5 Å². The Balaban J connectivity index is 1.89. The number of hydrogen-bond donors (Lipinski definition) is 0. The summed E-state index contributed by atoms with van der Waals surface area (Å²) in [4.78, 5) is 0. The molecular weight excluding hydrogens is 424 g/mol. The Hall–Kier alpha value is -0.846. The Bertz CT molecular complexity index is 857. The molecule has 1 fully saturated rings. The van der Waals surface area contributed by atoms with Gasteiger partial charge in [0, 0.05) is 5.56 Å². The Morgan fingerprint density at radius 3 is 2.25 bits per heavy atom. The molecule has 0 bridgehead atoms. The molecule has 0 N–H and O–H groups in total. The maximum Gasteiger partial charge on any atom is 0.274 e. The second-order valence-electron chi connectivity index (χ2n) is 13.3. The van der Waals surface area contributed by atoms with E-state index in [-0.39, 0.29) is 15.9 Å². The van der Waals surface area contributed by atoms with E-state index in [0.717, 1.165) is 18.6 Å². The zero-order valence-electron chi connectivity index (χ0n) is 22.6. The van der Waals surface area contributed by atoms with Gasteiger partial charge >= 0.3 is 0 Å². The molecule has 3 rings (SSSR count). The summed E-state index contributed by atoms with van der Waals surface area (Å²) in [5.74, 6) is 1.79. The van der Waals surface area contributed by atoms with Crippen LogP contribution >= 0.6 is 0 Å². The van der Waals surface area contributed by atoms with Crippen LogP contribution < -0.4 is 4.43 Å². The third-order valence-electron chi connectivity index (χ3n) is 8.45. The predicted molar refractivity (Wildman–Crippen MR) is 143 cm³/mol. The van der Waals surface area contributed by atoms with Crippen molar-refractivity contribution in [2.45, 2.75) is 117 Å². The number of rotatable bonds is 5. The molecule has 0 aromatic heterocycles. The van der Waals surface area contributed by atoms with E-state index in [1.54, 1.807) is 0 Å². The molecule has 32 heavy (non-hydrogen) atoms. The van der Waals surface area contributed by atoms with E-state index in [9.17, 15) is 0 Å². The second kappa shape index (κ2) is 8.74. The first kappa shape index (κ1) is 25.8. The molecule has 179 valence electrons. The summed E-state index contributed by atoms with van der Waals surface area (Å²) in [5.41, 5.74) is 4.55. The third-order valence-corrected chi connectivity index (χ3v) is 13.6. The van der Waals surface area contributed by atoms with Crippen LogP contribution in [0.5, 0.6) is 5.75 Å². The minimum absolute atomic E-state index is 0.129. The number of hydrogen-bond acceptors (Lipinski definition) is 2. The Labute approximate surface area is 201 Å². The highest BCUT2D eigenvalue weighted by molar-refractivity contribution is 6.74. The van der Waals surface area contributed by atoms with Crippen LogP contribution in [0.25, 0.3) is 5.57 Å². The highest BCUT2D eigenvalue weighted by Crippen LogP contribution is 2.56. The fraction of sp³-hybridized carbons (Fsp3) is 0.714. The maximum atomic E-state index is 7.00. The molecule has 1 aromatic carbocycles. The van der Waals surface area contributed by atoms with Crippen molar-refractivity contribution in [3.05, 3.63) is 35.4 Å². The van der Waals surface area contributed by atoms with Crippen molar-refractivity contribution in [2.75, 3.05) is 0 Å². The van der Waals surface area contributed by atoms with Gasteiger partial charge < -0.3 is 8.85 Å². The lowest BCUT2D eigenvalue weighted by Gasteiger charge is -2.45. The number of benzene rings is 1. The zero-order chi connectivity index (χ0) is 24.1. The van der Waals surface area contributed by atoms with Crippen LogP contribution in [-0.4, -0.2) is 23.5 Å². The average Bonchev–Trinajstić information content (AvgIpc) is 2.95. The van der Waals surface area contributed by atoms with Crippen molar-refractivity contribution in [1.29, 1.82) is 0 Å². The van der Waals surface area contributed by atoms with E-state index in [2.05, 4.69) is 98.9 Å². The average molecular weight is 472 g/mol. The summed E-state index contributed by atoms with van der Waals surface area (Å²) in [6.07, 6.45) is 7.65. The number of allylic oxidation sites excluding steroid dienone is 2. The molecule has 2 aliphatic rings. The molecule has 4 heteroatoms. The van der Waals surface area contributed by atoms with Crippen molar-refractivity contribution in [3.8, 4) is 5.75 Å². The van der Waals surface area contributed by atoms with Crippen LogP contribution in [0.15, 0.2) is 24.3 Å². The van der Waals surface area contributed by atoms with Gasteiger partial charge in [-0.3, -0.25) is 0 Å². The van der Waals surface area contributed by atoms with Gasteiger partial charge in [-0.1, -0.05) is 66.7 Å². The summed E-state index contributed by atoms with van der Waals surface area (Å²) in [7, 11) is -2.59. The molecule has 0 amide bonds. The zero-order valence-corrected chi connectivity index (χ0v) is 24.6. The van der Waals surface area contributed by atoms with Crippen LogP contribution in [0.3, 0.4) is 0 Å². The Kier molecular flexibility index (Phi) is 7.04. The van der Waals surface area contributed by atoms with Crippen LogP contribution in [0, 0.1) is 11.3 Å². The second-order valence-corrected chi connectivity index (χ2v) is 20.0. The van der Waals surface area contributed by atoms with Gasteiger partial charge in [0.05, 0.1) is 6.10 Å². The van der Waals surface area contributed by atoms with Gasteiger partial charge in [0.2, 0.25) is 0 Å². The normalized spacial score (nSPS) is 26.8. The summed E-state index contributed by atoms with van der Waals surface area (Å²) in [5, 5.41) is 0.262. The molecule has 1 aromatic rings. The largest absolute Gasteiger partial charge is 0.542 e. The van der Waals surface area contributed by atoms with E-state index < -0.39 is 17.4 Å². The standard InChI is InChI=1S/C28H47O2Si2/c1-26(2,3)21-12-14-23(24(19-21)29-31(8)9)20-16-17-28(7)22(18-20)13-15-25(28)30-32(10,11)27(4,5)6/h12,14,16,19,22,25H,13,15,17-18H2,1-11H3/t22-,25-,28-/m0/s1. The molecule has 1 radical (unpaired) electrons. The highest BCUT2D eigenvalue weighted by Gasteiger charge is 2.51. The fourth-order valence-electron chi connectivity index (χ4n) is 5.10. The minimum atomic E-state index is -1.76. The van der Waals surface area contributed by atoms with Gasteiger partial charge in [0.15, 0.2) is 8.32 Å². The van der Waals surface area contributed by atoms with Gasteiger partial charge in [0.25, 0.3) is 9.04 Å². The van der Waals surface area contributed by atoms with Gasteiger partial charge in [-0.2, -0.15) is 0 Å². The minimum Gasteiger partial charge on any atom is -0.542 e. The van der Waals surface area contributed by atoms with Crippen molar-refractivity contribution >= 4 is 22.9 Å². The molecule has 0 heterocycles. The Morgan fingerprint density at radius 1 is 1.03 bits per heavy atom. The quantitative estimate of drug-likeness (QED) is 0.400. The first-order chi connectivity index (χ1) is 14.5. The van der Waals surface area contributed by atoms with Crippen LogP contribution in [0.1, 0.15) is 85.3 Å². The van der Waals surface area contributed by atoms with E-state index >= 15 is 0 Å². The Morgan fingerprint density at radius 2 is 1.69 bits per heavy atom. The third kappa shape index (κ3) is 5.12. The summed E-state index contributed by atoms with van der Waals surface area (Å²) >= 11 is 0. The molecule has 3 atom stereocenters. The smallest absolute Gasteiger partial charge is 0.274 e. The van der Waals surface area contributed by atoms with Crippen LogP contribution in [0.2, 0.25) is 31.2 Å². The molecule has 0 saturated heterocycles. The van der Waals surface area contributed by atoms with Gasteiger partial charge in [-0.15, -0.1) is 0 Å². The van der Waals surface area contributed by atoms with E-state index in [1.807, 2.05) is 0 Å². The van der Waals surface area contributed by atoms with Crippen molar-refractivity contribution in [2.24, 2.45) is 11.3 Å². The fourth-order valence-corrected chi connectivity index (χ4v) is 7.17. The first-order valence-corrected chi connectivity index (χ1v) is 17.9. The van der Waals surface area contributed by atoms with Gasteiger partial charge in [-0.05, 0) is 90.9 Å². The van der Waals surface area contributed by atoms with Crippen LogP contribution in [-0.2, 0) is 9.84 Å². The topological polar surface area (TPSA) is 18.5 Å². The van der Waals surface area contributed by atoms with E-state index in [0.29, 0.717) is 12.0 Å². The molecule has 0 unspecified atom stereocenters. The molecule has 0 spiro atoms.